The molecule has 2 N–H and O–H groups in total. The summed E-state index contributed by atoms with van der Waals surface area (Å²) in [6.45, 7) is 1.63. The minimum Gasteiger partial charge on any atom is -0.288 e. The van der Waals surface area contributed by atoms with E-state index < -0.39 is 10.1 Å². The van der Waals surface area contributed by atoms with Gasteiger partial charge in [0.05, 0.1) is 16.0 Å². The van der Waals surface area contributed by atoms with E-state index in [4.69, 9.17) is 4.55 Å². The molecule has 7 heteroatoms. The van der Waals surface area contributed by atoms with Gasteiger partial charge in [-0.25, -0.2) is 0 Å². The van der Waals surface area contributed by atoms with Crippen LogP contribution in [-0.2, 0) is 10.1 Å². The first kappa shape index (κ1) is 15.9. The molecule has 1 heterocycles. The maximum absolute atomic E-state index is 10.9. The third-order valence-corrected chi connectivity index (χ3v) is 4.03. The molecule has 1 aliphatic rings. The third-order valence-electron chi connectivity index (χ3n) is 3.01. The van der Waals surface area contributed by atoms with Crippen molar-refractivity contribution in [3.8, 4) is 0 Å². The van der Waals surface area contributed by atoms with E-state index >= 15 is 0 Å². The van der Waals surface area contributed by atoms with Crippen LogP contribution in [0.25, 0.3) is 0 Å². The highest BCUT2D eigenvalue weighted by atomic mass is 32.2. The van der Waals surface area contributed by atoms with E-state index in [0.29, 0.717) is 16.7 Å². The van der Waals surface area contributed by atoms with Crippen molar-refractivity contribution in [1.29, 1.82) is 0 Å². The smallest absolute Gasteiger partial charge is 0.288 e. The second-order valence-electron chi connectivity index (χ2n) is 4.57. The van der Waals surface area contributed by atoms with E-state index in [1.54, 1.807) is 49.4 Å². The Balaban J connectivity index is 0.000000160. The van der Waals surface area contributed by atoms with Crippen LogP contribution in [0.2, 0.25) is 0 Å². The van der Waals surface area contributed by atoms with Crippen molar-refractivity contribution in [2.75, 3.05) is 0 Å². The summed E-state index contributed by atoms with van der Waals surface area (Å²) in [5.74, 6) is -0.601. The summed E-state index contributed by atoms with van der Waals surface area (Å²) < 4.78 is 29.9. The number of aryl methyl sites for hydroxylation is 1. The van der Waals surface area contributed by atoms with Crippen LogP contribution in [0.5, 0.6) is 0 Å². The number of imide groups is 1. The van der Waals surface area contributed by atoms with Crippen molar-refractivity contribution in [2.45, 2.75) is 11.8 Å². The van der Waals surface area contributed by atoms with Crippen LogP contribution in [0.15, 0.2) is 53.4 Å². The number of fused-ring (bicyclic) bond motifs is 1. The van der Waals surface area contributed by atoms with Crippen LogP contribution >= 0.6 is 0 Å². The lowest BCUT2D eigenvalue weighted by Gasteiger charge is -1.99. The van der Waals surface area contributed by atoms with Gasteiger partial charge in [-0.1, -0.05) is 30.3 Å². The number of rotatable bonds is 1. The van der Waals surface area contributed by atoms with Crippen molar-refractivity contribution >= 4 is 21.9 Å². The minimum atomic E-state index is -4.03. The van der Waals surface area contributed by atoms with Crippen LogP contribution in [-0.4, -0.2) is 24.8 Å². The Labute approximate surface area is 127 Å². The van der Waals surface area contributed by atoms with Gasteiger partial charge >= 0.3 is 0 Å². The Kier molecular flexibility index (Phi) is 4.39. The van der Waals surface area contributed by atoms with E-state index in [2.05, 4.69) is 5.32 Å². The second kappa shape index (κ2) is 6.08. The van der Waals surface area contributed by atoms with Gasteiger partial charge in [0, 0.05) is 0 Å². The van der Waals surface area contributed by atoms with Crippen LogP contribution in [0.4, 0.5) is 0 Å². The molecule has 2 amide bonds. The Morgan fingerprint density at radius 1 is 0.864 bits per heavy atom. The van der Waals surface area contributed by atoms with Gasteiger partial charge in [0.1, 0.15) is 0 Å². The molecule has 0 atom stereocenters. The van der Waals surface area contributed by atoms with E-state index in [9.17, 15) is 18.0 Å². The molecule has 0 unspecified atom stereocenters. The number of hydrogen-bond acceptors (Lipinski definition) is 4. The van der Waals surface area contributed by atoms with E-state index in [-0.39, 0.29) is 16.7 Å². The first-order valence-electron chi connectivity index (χ1n) is 6.28. The lowest BCUT2D eigenvalue weighted by molar-refractivity contribution is 0.0879. The Morgan fingerprint density at radius 3 is 1.73 bits per heavy atom. The number of carbonyl (C=O) groups excluding carboxylic acids is 2. The predicted octanol–water partition coefficient (Wildman–Crippen LogP) is 1.81. The summed E-state index contributed by atoms with van der Waals surface area (Å²) in [5.41, 5.74) is 1.49. The standard InChI is InChI=1S/C8H5NO2.C7H8O3S/c10-7-5-3-1-2-4-6(5)8(11)9-7;1-6-4-2-3-5-7(6)11(8,9)10/h1-4H,(H,9,10,11);2-5H,1H3,(H,8,9,10). The van der Waals surface area contributed by atoms with Crippen molar-refractivity contribution in [1.82, 2.24) is 5.32 Å². The van der Waals surface area contributed by atoms with Gasteiger partial charge in [0.15, 0.2) is 0 Å². The normalized spacial score (nSPS) is 13.0. The molecule has 1 aliphatic heterocycles. The molecule has 2 aromatic rings. The van der Waals surface area contributed by atoms with Gasteiger partial charge in [0.2, 0.25) is 0 Å². The molecule has 0 aromatic heterocycles. The first-order chi connectivity index (χ1) is 10.3. The SMILES string of the molecule is Cc1ccccc1S(=O)(=O)O.O=C1NC(=O)c2ccccc21. The number of hydrogen-bond donors (Lipinski definition) is 2. The highest BCUT2D eigenvalue weighted by molar-refractivity contribution is 7.85. The lowest BCUT2D eigenvalue weighted by atomic mass is 10.1. The van der Waals surface area contributed by atoms with E-state index in [1.165, 1.54) is 6.07 Å². The quantitative estimate of drug-likeness (QED) is 0.617. The van der Waals surface area contributed by atoms with Crippen molar-refractivity contribution in [3.05, 3.63) is 65.2 Å². The summed E-state index contributed by atoms with van der Waals surface area (Å²) in [5, 5.41) is 2.20. The molecule has 22 heavy (non-hydrogen) atoms. The molecule has 0 fully saturated rings. The largest absolute Gasteiger partial charge is 0.294 e. The molecule has 0 saturated heterocycles. The Bertz CT molecular complexity index is 810. The molecule has 0 spiro atoms. The van der Waals surface area contributed by atoms with Crippen LogP contribution in [0, 0.1) is 6.92 Å². The lowest BCUT2D eigenvalue weighted by Crippen LogP contribution is -2.19. The van der Waals surface area contributed by atoms with Crippen molar-refractivity contribution < 1.29 is 22.6 Å². The zero-order chi connectivity index (χ0) is 16.3. The summed E-state index contributed by atoms with van der Waals surface area (Å²) in [7, 11) is -4.03. The van der Waals surface area contributed by atoms with E-state index in [1.807, 2.05) is 0 Å². The molecule has 3 rings (SSSR count). The third kappa shape index (κ3) is 3.38. The zero-order valence-corrected chi connectivity index (χ0v) is 12.4. The van der Waals surface area contributed by atoms with Crippen molar-refractivity contribution in [2.24, 2.45) is 0 Å². The fraction of sp³-hybridized carbons (Fsp3) is 0.0667. The fourth-order valence-corrected chi connectivity index (χ4v) is 2.69. The summed E-state index contributed by atoms with van der Waals surface area (Å²) in [6, 6.07) is 13.0. The van der Waals surface area contributed by atoms with E-state index in [0.717, 1.165) is 0 Å². The Hall–Kier alpha value is -2.51. The molecule has 114 valence electrons. The molecule has 2 aromatic carbocycles. The molecule has 6 nitrogen and oxygen atoms in total. The maximum Gasteiger partial charge on any atom is 0.294 e. The summed E-state index contributed by atoms with van der Waals surface area (Å²) in [4.78, 5) is 21.9. The topological polar surface area (TPSA) is 101 Å². The average Bonchev–Trinajstić information content (AvgIpc) is 2.75. The second-order valence-corrected chi connectivity index (χ2v) is 5.96. The van der Waals surface area contributed by atoms with Crippen LogP contribution < -0.4 is 5.32 Å². The van der Waals surface area contributed by atoms with Gasteiger partial charge in [-0.05, 0) is 30.7 Å². The number of amides is 2. The van der Waals surface area contributed by atoms with Gasteiger partial charge in [-0.2, -0.15) is 8.42 Å². The molecule has 0 radical (unpaired) electrons. The first-order valence-corrected chi connectivity index (χ1v) is 7.72. The average molecular weight is 319 g/mol. The van der Waals surface area contributed by atoms with Crippen LogP contribution in [0.3, 0.4) is 0 Å². The Morgan fingerprint density at radius 2 is 1.32 bits per heavy atom. The zero-order valence-electron chi connectivity index (χ0n) is 11.6. The number of benzene rings is 2. The molecule has 0 aliphatic carbocycles. The highest BCUT2D eigenvalue weighted by Gasteiger charge is 2.25. The minimum absolute atomic E-state index is 0.0278. The highest BCUT2D eigenvalue weighted by Crippen LogP contribution is 2.14. The van der Waals surface area contributed by atoms with Gasteiger partial charge in [-0.15, -0.1) is 0 Å². The molecular weight excluding hydrogens is 306 g/mol. The van der Waals surface area contributed by atoms with Gasteiger partial charge < -0.3 is 0 Å². The predicted molar refractivity (Wildman–Crippen MR) is 79.2 cm³/mol. The van der Waals surface area contributed by atoms with Crippen LogP contribution in [0.1, 0.15) is 26.3 Å². The van der Waals surface area contributed by atoms with Gasteiger partial charge in [-0.3, -0.25) is 19.5 Å². The molecular formula is C15H13NO5S. The molecule has 0 bridgehead atoms. The monoisotopic (exact) mass is 319 g/mol. The summed E-state index contributed by atoms with van der Waals surface area (Å²) >= 11 is 0. The molecule has 0 saturated carbocycles. The van der Waals surface area contributed by atoms with Gasteiger partial charge in [0.25, 0.3) is 21.9 Å². The summed E-state index contributed by atoms with van der Waals surface area (Å²) in [6.07, 6.45) is 0. The number of carbonyl (C=O) groups is 2. The fourth-order valence-electron chi connectivity index (χ4n) is 1.96. The number of nitrogens with one attached hydrogen (secondary N) is 1. The maximum atomic E-state index is 10.9. The van der Waals surface area contributed by atoms with Crippen molar-refractivity contribution in [3.63, 3.8) is 0 Å².